The van der Waals surface area contributed by atoms with E-state index in [2.05, 4.69) is 36.7 Å². The van der Waals surface area contributed by atoms with E-state index in [1.165, 1.54) is 11.3 Å². The van der Waals surface area contributed by atoms with Crippen LogP contribution < -0.4 is 5.73 Å². The molecule has 0 bridgehead atoms. The van der Waals surface area contributed by atoms with Crippen LogP contribution in [0.3, 0.4) is 0 Å². The summed E-state index contributed by atoms with van der Waals surface area (Å²) in [6.07, 6.45) is 2.53. The number of benzene rings is 1. The van der Waals surface area contributed by atoms with E-state index >= 15 is 0 Å². The van der Waals surface area contributed by atoms with E-state index in [-0.39, 0.29) is 6.04 Å². The lowest BCUT2D eigenvalue weighted by Crippen LogP contribution is -2.21. The Balaban J connectivity index is 2.46. The summed E-state index contributed by atoms with van der Waals surface area (Å²) >= 11 is 5.12. The molecule has 2 aromatic rings. The van der Waals surface area contributed by atoms with E-state index in [1.807, 2.05) is 18.2 Å². The zero-order valence-corrected chi connectivity index (χ0v) is 12.9. The summed E-state index contributed by atoms with van der Waals surface area (Å²) in [5.74, 6) is 0. The maximum Gasteiger partial charge on any atom is 0.0834 e. The fourth-order valence-corrected chi connectivity index (χ4v) is 2.57. The Bertz CT molecular complexity index is 575. The first kappa shape index (κ1) is 14.7. The van der Waals surface area contributed by atoms with Gasteiger partial charge in [0.05, 0.1) is 16.7 Å². The molecule has 0 saturated carbocycles. The van der Waals surface area contributed by atoms with Gasteiger partial charge in [-0.1, -0.05) is 56.4 Å². The van der Waals surface area contributed by atoms with Crippen molar-refractivity contribution in [3.63, 3.8) is 0 Å². The van der Waals surface area contributed by atoms with Gasteiger partial charge in [-0.2, -0.15) is 5.10 Å². The SMILES string of the molecule is CCc1cc(CC)n(C(CC(N)=S)c2ccccc2)n1. The predicted molar refractivity (Wildman–Crippen MR) is 87.0 cm³/mol. The van der Waals surface area contributed by atoms with Crippen molar-refractivity contribution < 1.29 is 0 Å². The van der Waals surface area contributed by atoms with E-state index in [9.17, 15) is 0 Å². The molecule has 0 amide bonds. The molecule has 4 heteroatoms. The minimum Gasteiger partial charge on any atom is -0.393 e. The van der Waals surface area contributed by atoms with Crippen molar-refractivity contribution >= 4 is 17.2 Å². The lowest BCUT2D eigenvalue weighted by Gasteiger charge is -2.20. The quantitative estimate of drug-likeness (QED) is 0.829. The van der Waals surface area contributed by atoms with Gasteiger partial charge in [0.25, 0.3) is 0 Å². The molecule has 1 unspecified atom stereocenters. The molecule has 1 heterocycles. The first-order valence-corrected chi connectivity index (χ1v) is 7.47. The Kier molecular flexibility index (Phi) is 4.90. The highest BCUT2D eigenvalue weighted by molar-refractivity contribution is 7.80. The van der Waals surface area contributed by atoms with Gasteiger partial charge >= 0.3 is 0 Å². The van der Waals surface area contributed by atoms with Crippen LogP contribution in [0.25, 0.3) is 0 Å². The van der Waals surface area contributed by atoms with Crippen LogP contribution in [-0.2, 0) is 12.8 Å². The highest BCUT2D eigenvalue weighted by atomic mass is 32.1. The Morgan fingerprint density at radius 1 is 1.25 bits per heavy atom. The Hall–Kier alpha value is -1.68. The van der Waals surface area contributed by atoms with Crippen molar-refractivity contribution in [3.8, 4) is 0 Å². The van der Waals surface area contributed by atoms with Gasteiger partial charge in [-0.05, 0) is 24.5 Å². The zero-order valence-electron chi connectivity index (χ0n) is 12.0. The second-order valence-electron chi connectivity index (χ2n) is 4.88. The number of thiocarbonyl (C=S) groups is 1. The molecule has 0 aliphatic rings. The van der Waals surface area contributed by atoms with Gasteiger partial charge in [0.2, 0.25) is 0 Å². The van der Waals surface area contributed by atoms with Crippen molar-refractivity contribution in [1.29, 1.82) is 0 Å². The summed E-state index contributed by atoms with van der Waals surface area (Å²) in [7, 11) is 0. The number of aromatic nitrogens is 2. The van der Waals surface area contributed by atoms with Gasteiger partial charge in [-0.15, -0.1) is 0 Å². The van der Waals surface area contributed by atoms with Crippen molar-refractivity contribution in [2.75, 3.05) is 0 Å². The monoisotopic (exact) mass is 287 g/mol. The van der Waals surface area contributed by atoms with Crippen LogP contribution in [0.4, 0.5) is 0 Å². The third-order valence-electron chi connectivity index (χ3n) is 3.46. The first-order chi connectivity index (χ1) is 9.65. The number of hydrogen-bond donors (Lipinski definition) is 1. The summed E-state index contributed by atoms with van der Waals surface area (Å²) in [6, 6.07) is 12.6. The smallest absolute Gasteiger partial charge is 0.0834 e. The minimum absolute atomic E-state index is 0.0870. The standard InChI is InChI=1S/C16H21N3S/c1-3-13-10-14(4-2)19(18-13)15(11-16(17)20)12-8-6-5-7-9-12/h5-10,15H,3-4,11H2,1-2H3,(H2,17,20). The largest absolute Gasteiger partial charge is 0.393 e. The molecule has 0 radical (unpaired) electrons. The minimum atomic E-state index is 0.0870. The number of nitrogens with zero attached hydrogens (tertiary/aromatic N) is 2. The fraction of sp³-hybridized carbons (Fsp3) is 0.375. The van der Waals surface area contributed by atoms with E-state index in [1.54, 1.807) is 0 Å². The van der Waals surface area contributed by atoms with Crippen LogP contribution in [0.1, 0.15) is 43.3 Å². The van der Waals surface area contributed by atoms with E-state index in [4.69, 9.17) is 23.1 Å². The lowest BCUT2D eigenvalue weighted by atomic mass is 10.0. The van der Waals surface area contributed by atoms with Crippen molar-refractivity contribution in [2.24, 2.45) is 5.73 Å². The van der Waals surface area contributed by atoms with E-state index in [0.29, 0.717) is 11.4 Å². The Morgan fingerprint density at radius 3 is 2.50 bits per heavy atom. The Labute approximate surface area is 125 Å². The molecule has 2 rings (SSSR count). The van der Waals surface area contributed by atoms with Gasteiger partial charge in [0.15, 0.2) is 0 Å². The van der Waals surface area contributed by atoms with Crippen molar-refractivity contribution in [3.05, 3.63) is 53.3 Å². The van der Waals surface area contributed by atoms with E-state index in [0.717, 1.165) is 18.5 Å². The second kappa shape index (κ2) is 6.66. The molecule has 3 nitrogen and oxygen atoms in total. The van der Waals surface area contributed by atoms with Crippen LogP contribution in [-0.4, -0.2) is 14.8 Å². The maximum atomic E-state index is 5.79. The van der Waals surface area contributed by atoms with Crippen molar-refractivity contribution in [2.45, 2.75) is 39.2 Å². The molecule has 0 aliphatic heterocycles. The van der Waals surface area contributed by atoms with Crippen LogP contribution in [0.5, 0.6) is 0 Å². The number of rotatable bonds is 6. The summed E-state index contributed by atoms with van der Waals surface area (Å²) < 4.78 is 2.09. The molecule has 0 saturated heterocycles. The van der Waals surface area contributed by atoms with E-state index < -0.39 is 0 Å². The van der Waals surface area contributed by atoms with Crippen LogP contribution in [0.15, 0.2) is 36.4 Å². The molecular formula is C16H21N3S. The topological polar surface area (TPSA) is 43.8 Å². The number of aryl methyl sites for hydroxylation is 2. The summed E-state index contributed by atoms with van der Waals surface area (Å²) in [6.45, 7) is 4.27. The number of hydrogen-bond acceptors (Lipinski definition) is 2. The summed E-state index contributed by atoms with van der Waals surface area (Å²) in [5.41, 5.74) is 9.33. The summed E-state index contributed by atoms with van der Waals surface area (Å²) in [5, 5.41) is 4.73. The van der Waals surface area contributed by atoms with Gasteiger partial charge in [-0.3, -0.25) is 4.68 Å². The van der Waals surface area contributed by atoms with Crippen LogP contribution >= 0.6 is 12.2 Å². The lowest BCUT2D eigenvalue weighted by molar-refractivity contribution is 0.514. The third-order valence-corrected chi connectivity index (χ3v) is 3.63. The number of nitrogens with two attached hydrogens (primary N) is 1. The maximum absolute atomic E-state index is 5.79. The normalized spacial score (nSPS) is 12.3. The van der Waals surface area contributed by atoms with Gasteiger partial charge in [0, 0.05) is 12.1 Å². The molecule has 0 spiro atoms. The second-order valence-corrected chi connectivity index (χ2v) is 5.40. The average Bonchev–Trinajstić information content (AvgIpc) is 2.88. The molecule has 1 aromatic carbocycles. The highest BCUT2D eigenvalue weighted by Gasteiger charge is 2.19. The Morgan fingerprint density at radius 2 is 1.95 bits per heavy atom. The zero-order chi connectivity index (χ0) is 14.5. The molecule has 1 atom stereocenters. The van der Waals surface area contributed by atoms with Crippen molar-refractivity contribution in [1.82, 2.24) is 9.78 Å². The first-order valence-electron chi connectivity index (χ1n) is 7.06. The third kappa shape index (κ3) is 3.25. The summed E-state index contributed by atoms with van der Waals surface area (Å²) in [4.78, 5) is 0.523. The highest BCUT2D eigenvalue weighted by Crippen LogP contribution is 2.24. The molecule has 106 valence electrons. The molecule has 0 aliphatic carbocycles. The van der Waals surface area contributed by atoms with Gasteiger partial charge in [-0.25, -0.2) is 0 Å². The average molecular weight is 287 g/mol. The molecule has 2 N–H and O–H groups in total. The fourth-order valence-electron chi connectivity index (χ4n) is 2.41. The van der Waals surface area contributed by atoms with Crippen LogP contribution in [0, 0.1) is 0 Å². The van der Waals surface area contributed by atoms with Gasteiger partial charge in [0.1, 0.15) is 0 Å². The van der Waals surface area contributed by atoms with Gasteiger partial charge < -0.3 is 5.73 Å². The molecule has 20 heavy (non-hydrogen) atoms. The molecule has 1 aromatic heterocycles. The molecular weight excluding hydrogens is 266 g/mol. The molecule has 0 fully saturated rings. The predicted octanol–water partition coefficient (Wildman–Crippen LogP) is 3.27. The van der Waals surface area contributed by atoms with Crippen LogP contribution in [0.2, 0.25) is 0 Å².